The molecule has 0 radical (unpaired) electrons. The topological polar surface area (TPSA) is 15.3 Å². The average molecular weight is 246 g/mol. The van der Waals surface area contributed by atoms with Crippen LogP contribution in [0.5, 0.6) is 0 Å². The van der Waals surface area contributed by atoms with E-state index in [1.807, 2.05) is 0 Å². The van der Waals surface area contributed by atoms with E-state index < -0.39 is 0 Å². The van der Waals surface area contributed by atoms with Crippen molar-refractivity contribution >= 4 is 5.69 Å². The molecule has 0 bridgehead atoms. The van der Waals surface area contributed by atoms with Crippen molar-refractivity contribution in [3.8, 4) is 0 Å². The van der Waals surface area contributed by atoms with Gasteiger partial charge < -0.3 is 10.2 Å². The van der Waals surface area contributed by atoms with Gasteiger partial charge in [-0.15, -0.1) is 0 Å². The zero-order valence-corrected chi connectivity index (χ0v) is 12.0. The SMILES string of the molecule is CCNc1ccc(C2CC2)cc1CCCN(C)C. The van der Waals surface area contributed by atoms with E-state index in [2.05, 4.69) is 49.4 Å². The van der Waals surface area contributed by atoms with Gasteiger partial charge in [0.15, 0.2) is 0 Å². The molecule has 0 unspecified atom stereocenters. The monoisotopic (exact) mass is 246 g/mol. The van der Waals surface area contributed by atoms with Crippen LogP contribution in [0.4, 0.5) is 5.69 Å². The molecule has 0 aromatic heterocycles. The Bertz CT molecular complexity index is 381. The summed E-state index contributed by atoms with van der Waals surface area (Å²) in [7, 11) is 4.29. The molecule has 0 heterocycles. The average Bonchev–Trinajstić information content (AvgIpc) is 3.15. The summed E-state index contributed by atoms with van der Waals surface area (Å²) in [5.74, 6) is 0.855. The summed E-state index contributed by atoms with van der Waals surface area (Å²) in [6, 6.07) is 7.03. The first-order chi connectivity index (χ1) is 8.70. The molecule has 1 N–H and O–H groups in total. The second kappa shape index (κ2) is 6.24. The van der Waals surface area contributed by atoms with Crippen LogP contribution >= 0.6 is 0 Å². The van der Waals surface area contributed by atoms with Crippen molar-refractivity contribution in [1.82, 2.24) is 4.90 Å². The molecule has 1 aromatic carbocycles. The molecule has 2 rings (SSSR count). The minimum Gasteiger partial charge on any atom is -0.385 e. The summed E-state index contributed by atoms with van der Waals surface area (Å²) in [6.45, 7) is 4.33. The Hall–Kier alpha value is -1.02. The van der Waals surface area contributed by atoms with Gasteiger partial charge in [-0.1, -0.05) is 12.1 Å². The second-order valence-corrected chi connectivity index (χ2v) is 5.63. The van der Waals surface area contributed by atoms with Gasteiger partial charge in [0, 0.05) is 12.2 Å². The fraction of sp³-hybridized carbons (Fsp3) is 0.625. The summed E-state index contributed by atoms with van der Waals surface area (Å²) in [6.07, 6.45) is 5.19. The lowest BCUT2D eigenvalue weighted by Gasteiger charge is -2.14. The van der Waals surface area contributed by atoms with Crippen LogP contribution < -0.4 is 5.32 Å². The lowest BCUT2D eigenvalue weighted by molar-refractivity contribution is 0.400. The Kier molecular flexibility index (Phi) is 4.65. The molecular formula is C16H26N2. The molecule has 0 spiro atoms. The zero-order valence-electron chi connectivity index (χ0n) is 12.0. The smallest absolute Gasteiger partial charge is 0.0372 e. The van der Waals surface area contributed by atoms with E-state index in [0.717, 1.165) is 12.5 Å². The highest BCUT2D eigenvalue weighted by Gasteiger charge is 2.23. The highest BCUT2D eigenvalue weighted by molar-refractivity contribution is 5.53. The van der Waals surface area contributed by atoms with Crippen molar-refractivity contribution in [2.45, 2.75) is 38.5 Å². The molecule has 1 aliphatic carbocycles. The highest BCUT2D eigenvalue weighted by atomic mass is 15.0. The maximum absolute atomic E-state index is 3.49. The minimum atomic E-state index is 0.855. The summed E-state index contributed by atoms with van der Waals surface area (Å²) < 4.78 is 0. The lowest BCUT2D eigenvalue weighted by atomic mass is 10.0. The van der Waals surface area contributed by atoms with E-state index in [-0.39, 0.29) is 0 Å². The third-order valence-corrected chi connectivity index (χ3v) is 3.60. The summed E-state index contributed by atoms with van der Waals surface area (Å²) in [5.41, 5.74) is 4.39. The third kappa shape index (κ3) is 3.74. The number of rotatable bonds is 7. The lowest BCUT2D eigenvalue weighted by Crippen LogP contribution is -2.14. The van der Waals surface area contributed by atoms with Crippen molar-refractivity contribution < 1.29 is 0 Å². The van der Waals surface area contributed by atoms with Gasteiger partial charge in [0.05, 0.1) is 0 Å². The second-order valence-electron chi connectivity index (χ2n) is 5.63. The Labute approximate surface area is 111 Å². The van der Waals surface area contributed by atoms with E-state index in [4.69, 9.17) is 0 Å². The molecule has 0 amide bonds. The van der Waals surface area contributed by atoms with Gasteiger partial charge in [0.25, 0.3) is 0 Å². The largest absolute Gasteiger partial charge is 0.385 e. The van der Waals surface area contributed by atoms with Gasteiger partial charge in [-0.2, -0.15) is 0 Å². The number of nitrogens with zero attached hydrogens (tertiary/aromatic N) is 1. The molecule has 100 valence electrons. The first-order valence-corrected chi connectivity index (χ1v) is 7.22. The van der Waals surface area contributed by atoms with Gasteiger partial charge >= 0.3 is 0 Å². The molecular weight excluding hydrogens is 220 g/mol. The van der Waals surface area contributed by atoms with Crippen molar-refractivity contribution in [2.24, 2.45) is 0 Å². The van der Waals surface area contributed by atoms with Crippen LogP contribution in [-0.2, 0) is 6.42 Å². The zero-order chi connectivity index (χ0) is 13.0. The predicted octanol–water partition coefficient (Wildman–Crippen LogP) is 3.49. The molecule has 0 saturated heterocycles. The molecule has 0 aliphatic heterocycles. The fourth-order valence-electron chi connectivity index (χ4n) is 2.44. The number of aryl methyl sites for hydroxylation is 1. The number of anilines is 1. The van der Waals surface area contributed by atoms with E-state index in [0.29, 0.717) is 0 Å². The van der Waals surface area contributed by atoms with Crippen LogP contribution in [-0.4, -0.2) is 32.1 Å². The van der Waals surface area contributed by atoms with E-state index >= 15 is 0 Å². The third-order valence-electron chi connectivity index (χ3n) is 3.60. The van der Waals surface area contributed by atoms with Crippen LogP contribution in [0.25, 0.3) is 0 Å². The molecule has 2 heteroatoms. The van der Waals surface area contributed by atoms with Crippen LogP contribution in [0.3, 0.4) is 0 Å². The maximum Gasteiger partial charge on any atom is 0.0372 e. The summed E-state index contributed by atoms with van der Waals surface area (Å²) in [4.78, 5) is 2.26. The number of benzene rings is 1. The van der Waals surface area contributed by atoms with E-state index in [1.165, 1.54) is 43.5 Å². The normalized spacial score (nSPS) is 15.1. The Morgan fingerprint density at radius 1 is 1.28 bits per heavy atom. The standard InChI is InChI=1S/C16H26N2/c1-4-17-16-10-9-14(13-7-8-13)12-15(16)6-5-11-18(2)3/h9-10,12-13,17H,4-8,11H2,1-3H3. The van der Waals surface area contributed by atoms with Gasteiger partial charge in [0.2, 0.25) is 0 Å². The minimum absolute atomic E-state index is 0.855. The number of nitrogens with one attached hydrogen (secondary N) is 1. The first kappa shape index (κ1) is 13.4. The molecule has 1 saturated carbocycles. The molecule has 1 fully saturated rings. The van der Waals surface area contributed by atoms with Gasteiger partial charge in [-0.05, 0) is 76.4 Å². The van der Waals surface area contributed by atoms with Crippen molar-refractivity contribution in [1.29, 1.82) is 0 Å². The van der Waals surface area contributed by atoms with Crippen LogP contribution in [0, 0.1) is 0 Å². The van der Waals surface area contributed by atoms with Gasteiger partial charge in [-0.25, -0.2) is 0 Å². The highest BCUT2D eigenvalue weighted by Crippen LogP contribution is 2.41. The van der Waals surface area contributed by atoms with Gasteiger partial charge in [-0.3, -0.25) is 0 Å². The maximum atomic E-state index is 3.49. The molecule has 1 aliphatic rings. The predicted molar refractivity (Wildman–Crippen MR) is 79.5 cm³/mol. The van der Waals surface area contributed by atoms with Crippen LogP contribution in [0.15, 0.2) is 18.2 Å². The molecule has 18 heavy (non-hydrogen) atoms. The summed E-state index contributed by atoms with van der Waals surface area (Å²) in [5, 5.41) is 3.49. The Morgan fingerprint density at radius 3 is 2.67 bits per heavy atom. The fourth-order valence-corrected chi connectivity index (χ4v) is 2.44. The molecule has 1 aromatic rings. The Balaban J connectivity index is 2.04. The van der Waals surface area contributed by atoms with Crippen molar-refractivity contribution in [2.75, 3.05) is 32.5 Å². The van der Waals surface area contributed by atoms with E-state index in [9.17, 15) is 0 Å². The van der Waals surface area contributed by atoms with Crippen molar-refractivity contribution in [3.05, 3.63) is 29.3 Å². The summed E-state index contributed by atoms with van der Waals surface area (Å²) >= 11 is 0. The quantitative estimate of drug-likeness (QED) is 0.792. The van der Waals surface area contributed by atoms with Crippen molar-refractivity contribution in [3.63, 3.8) is 0 Å². The van der Waals surface area contributed by atoms with Crippen LogP contribution in [0.2, 0.25) is 0 Å². The number of hydrogen-bond donors (Lipinski definition) is 1. The van der Waals surface area contributed by atoms with Gasteiger partial charge in [0.1, 0.15) is 0 Å². The molecule has 2 nitrogen and oxygen atoms in total. The Morgan fingerprint density at radius 2 is 2.06 bits per heavy atom. The molecule has 0 atom stereocenters. The number of hydrogen-bond acceptors (Lipinski definition) is 2. The van der Waals surface area contributed by atoms with Crippen LogP contribution in [0.1, 0.15) is 43.2 Å². The first-order valence-electron chi connectivity index (χ1n) is 7.22. The van der Waals surface area contributed by atoms with E-state index in [1.54, 1.807) is 5.56 Å².